The smallest absolute Gasteiger partial charge is 0.0651 e. The van der Waals surface area contributed by atoms with Gasteiger partial charge in [-0.2, -0.15) is 0 Å². The van der Waals surface area contributed by atoms with Crippen molar-refractivity contribution in [3.8, 4) is 39.1 Å². The van der Waals surface area contributed by atoms with Gasteiger partial charge in [0.05, 0.1) is 60.4 Å². The van der Waals surface area contributed by atoms with Crippen LogP contribution in [0, 0.1) is 0 Å². The van der Waals surface area contributed by atoms with E-state index in [0.717, 1.165) is 0 Å². The van der Waals surface area contributed by atoms with Gasteiger partial charge in [-0.15, -0.1) is 0 Å². The molecule has 0 aliphatic heterocycles. The van der Waals surface area contributed by atoms with Crippen LogP contribution >= 0.6 is 0 Å². The van der Waals surface area contributed by atoms with Gasteiger partial charge in [0.25, 0.3) is 0 Å². The molecule has 10 aromatic rings. The maximum absolute atomic E-state index is 9.84. The summed E-state index contributed by atoms with van der Waals surface area (Å²) < 4.78 is 324. The minimum Gasteiger partial charge on any atom is -0.310 e. The number of aromatic nitrogens is 1. The largest absolute Gasteiger partial charge is 0.310 e. The van der Waals surface area contributed by atoms with E-state index in [-0.39, 0.29) is 4.90 Å². The lowest BCUT2D eigenvalue weighted by atomic mass is 10.0. The Morgan fingerprint density at radius 1 is 0.315 bits per heavy atom. The van der Waals surface area contributed by atoms with Gasteiger partial charge in [0.15, 0.2) is 0 Å². The van der Waals surface area contributed by atoms with Crippen LogP contribution in [0.15, 0.2) is 218 Å². The summed E-state index contributed by atoms with van der Waals surface area (Å²) in [4.78, 5) is 0.228. The van der Waals surface area contributed by atoms with Gasteiger partial charge in [0.2, 0.25) is 0 Å². The first-order valence-electron chi connectivity index (χ1n) is 33.6. The molecule has 0 amide bonds. The fraction of sp³-hybridized carbons (Fsp3) is 0. The molecule has 0 atom stereocenters. The summed E-state index contributed by atoms with van der Waals surface area (Å²) in [5, 5.41) is -2.68. The van der Waals surface area contributed by atoms with E-state index < -0.39 is 306 Å². The van der Waals surface area contributed by atoms with E-state index in [2.05, 4.69) is 0 Å². The number of fused-ring (bicyclic) bond motifs is 4. The van der Waals surface area contributed by atoms with Gasteiger partial charge in [-0.3, -0.25) is 0 Å². The van der Waals surface area contributed by atoms with Crippen LogP contribution in [0.5, 0.6) is 0 Å². The van der Waals surface area contributed by atoms with E-state index >= 15 is 0 Å². The number of nitrogens with zero attached hydrogens (tertiary/aromatic N) is 2. The van der Waals surface area contributed by atoms with E-state index in [1.54, 1.807) is 0 Å². The second-order valence-electron chi connectivity index (χ2n) is 11.0. The first-order chi connectivity index (χ1) is 41.8. The molecule has 0 N–H and O–H groups in total. The Morgan fingerprint density at radius 3 is 1.56 bits per heavy atom. The first kappa shape index (κ1) is 11.7. The van der Waals surface area contributed by atoms with Crippen molar-refractivity contribution in [3.05, 3.63) is 218 Å². The van der Waals surface area contributed by atoms with Crippen LogP contribution < -0.4 is 4.90 Å². The van der Waals surface area contributed by atoms with Crippen molar-refractivity contribution < 1.29 is 49.3 Å². The molecule has 0 aliphatic rings. The Morgan fingerprint density at radius 2 is 0.833 bits per heavy atom. The van der Waals surface area contributed by atoms with Crippen LogP contribution in [0.2, 0.25) is 0 Å². The number of anilines is 3. The second kappa shape index (κ2) is 13.4. The maximum Gasteiger partial charge on any atom is 0.0651 e. The van der Waals surface area contributed by atoms with E-state index in [1.165, 1.54) is 0 Å². The predicted molar refractivity (Wildman–Crippen MR) is 229 cm³/mol. The monoisotopic (exact) mass is 725 g/mol. The Labute approximate surface area is 366 Å². The summed E-state index contributed by atoms with van der Waals surface area (Å²) in [6.07, 6.45) is 0. The molecule has 0 unspecified atom stereocenters. The molecular weight excluding hydrogens is 653 g/mol. The van der Waals surface area contributed by atoms with Crippen LogP contribution in [0.3, 0.4) is 0 Å². The Kier molecular flexibility index (Phi) is 2.90. The Balaban J connectivity index is 1.37. The highest BCUT2D eigenvalue weighted by Crippen LogP contribution is 2.40. The summed E-state index contributed by atoms with van der Waals surface area (Å²) >= 11 is 0. The van der Waals surface area contributed by atoms with Crippen LogP contribution in [-0.2, 0) is 0 Å². The minimum atomic E-state index is -1.40. The van der Waals surface area contributed by atoms with Crippen LogP contribution in [-0.4, -0.2) is 4.57 Å². The third kappa shape index (κ3) is 5.71. The predicted octanol–water partition coefficient (Wildman–Crippen LogP) is 14.4. The molecule has 0 radical (unpaired) electrons. The van der Waals surface area contributed by atoms with E-state index in [1.807, 2.05) is 0 Å². The molecule has 9 aromatic carbocycles. The van der Waals surface area contributed by atoms with Crippen molar-refractivity contribution in [1.29, 1.82) is 0 Å². The molecule has 1 aromatic heterocycles. The fourth-order valence-corrected chi connectivity index (χ4v) is 5.49. The summed E-state index contributed by atoms with van der Waals surface area (Å²) in [6.45, 7) is 0. The van der Waals surface area contributed by atoms with Crippen molar-refractivity contribution in [3.63, 3.8) is 0 Å². The summed E-state index contributed by atoms with van der Waals surface area (Å²) in [7, 11) is 0. The molecule has 0 aliphatic carbocycles. The molecule has 0 saturated heterocycles. The third-order valence-corrected chi connectivity index (χ3v) is 7.87. The van der Waals surface area contributed by atoms with Crippen molar-refractivity contribution >= 4 is 49.6 Å². The van der Waals surface area contributed by atoms with E-state index in [0.29, 0.717) is 4.57 Å². The van der Waals surface area contributed by atoms with Crippen LogP contribution in [0.25, 0.3) is 71.6 Å². The SMILES string of the molecule is [2H]c1c([2H])c([2H])c(-c2c([2H])c([2H])c(N(c3c([2H])c([2H])c(-c4c([2H])c([2H])c5c(c4[2H])c4c([2H])c([2H])c([2H])c([2H])c4n5-c4c([2H])c([2H])c5c([2H])c([2H])c([2H])c([2H])c5c4[2H])c([2H])c3[2H])c3c([2H])c([2H])c([2H])c(-c4c([2H])c([2H])c([2H])c([2H])c4[2H])c3[2H])c([2H])c2[2H])c([2H])c1[2H]. The van der Waals surface area contributed by atoms with Crippen molar-refractivity contribution in [2.75, 3.05) is 4.90 Å². The van der Waals surface area contributed by atoms with Crippen molar-refractivity contribution in [2.45, 2.75) is 0 Å². The van der Waals surface area contributed by atoms with Gasteiger partial charge in [0.1, 0.15) is 0 Å². The lowest BCUT2D eigenvalue weighted by Gasteiger charge is -2.26. The maximum atomic E-state index is 9.84. The third-order valence-electron chi connectivity index (χ3n) is 7.87. The lowest BCUT2D eigenvalue weighted by Crippen LogP contribution is -2.10. The van der Waals surface area contributed by atoms with Crippen molar-refractivity contribution in [1.82, 2.24) is 4.57 Å². The normalized spacial score (nSPS) is 20.7. The molecule has 2 nitrogen and oxygen atoms in total. The standard InChI is InChI=1S/C52H36N2/c1-3-12-37(13-4-1)40-22-28-45(29-23-40)53(47-19-11-18-43(34-47)38-14-5-2-6-15-38)46-30-24-41(25-31-46)44-27-33-52-50(36-44)49-20-9-10-21-51(49)54(52)48-32-26-39-16-7-8-17-42(39)35-48/h1-36H/i1D,2D,3D,4D,5D,6D,7D,8D,9D,10D,11D,12D,13D,14D,15D,16D,17D,18D,19D,20D,21D,22D,23D,24D,25D,26D,27D,28D,29D,30D,31D,32D,33D,34D,35D,36D. The van der Waals surface area contributed by atoms with Crippen molar-refractivity contribution in [2.24, 2.45) is 0 Å². The number of hydrogen-bond acceptors (Lipinski definition) is 1. The zero-order chi connectivity index (χ0) is 67.2. The topological polar surface area (TPSA) is 8.17 Å². The quantitative estimate of drug-likeness (QED) is 0.159. The minimum absolute atomic E-state index is 0.228. The molecule has 1 heterocycles. The van der Waals surface area contributed by atoms with Gasteiger partial charge in [-0.1, -0.05) is 151 Å². The number of rotatable bonds is 7. The summed E-state index contributed by atoms with van der Waals surface area (Å²) in [5.41, 5.74) is -12.0. The average molecular weight is 725 g/mol. The van der Waals surface area contributed by atoms with E-state index in [9.17, 15) is 20.6 Å². The fourth-order valence-electron chi connectivity index (χ4n) is 5.49. The molecule has 0 saturated carbocycles. The second-order valence-corrected chi connectivity index (χ2v) is 11.0. The first-order valence-corrected chi connectivity index (χ1v) is 15.6. The summed E-state index contributed by atoms with van der Waals surface area (Å²) in [6, 6.07) is -39.4. The van der Waals surface area contributed by atoms with Gasteiger partial charge < -0.3 is 9.47 Å². The van der Waals surface area contributed by atoms with Gasteiger partial charge in [0, 0.05) is 33.5 Å². The van der Waals surface area contributed by atoms with E-state index in [4.69, 9.17) is 28.8 Å². The molecule has 54 heavy (non-hydrogen) atoms. The van der Waals surface area contributed by atoms with Gasteiger partial charge in [-0.05, 0) is 111 Å². The number of benzene rings is 9. The molecular formula is C52H36N2. The van der Waals surface area contributed by atoms with Crippen LogP contribution in [0.1, 0.15) is 49.3 Å². The zero-order valence-electron chi connectivity index (χ0n) is 62.9. The van der Waals surface area contributed by atoms with Gasteiger partial charge in [-0.25, -0.2) is 0 Å². The van der Waals surface area contributed by atoms with Gasteiger partial charge >= 0.3 is 0 Å². The molecule has 0 bridgehead atoms. The molecule has 0 fully saturated rings. The highest BCUT2D eigenvalue weighted by molar-refractivity contribution is 6.10. The lowest BCUT2D eigenvalue weighted by molar-refractivity contribution is 1.19. The Bertz CT molecular complexity index is 4910. The molecule has 10 rings (SSSR count). The molecule has 2 heteroatoms. The highest BCUT2D eigenvalue weighted by Gasteiger charge is 2.16. The average Bonchev–Trinajstić information content (AvgIpc) is 1.49. The van der Waals surface area contributed by atoms with Crippen LogP contribution in [0.4, 0.5) is 17.1 Å². The summed E-state index contributed by atoms with van der Waals surface area (Å²) in [5.74, 6) is 0. The Hall–Kier alpha value is -7.16. The number of para-hydroxylation sites is 1. The molecule has 254 valence electrons. The highest BCUT2D eigenvalue weighted by atomic mass is 15.1. The zero-order valence-corrected chi connectivity index (χ0v) is 26.9. The number of hydrogen-bond donors (Lipinski definition) is 0. The molecule has 0 spiro atoms.